The van der Waals surface area contributed by atoms with E-state index in [0.29, 0.717) is 18.6 Å². The topological polar surface area (TPSA) is 54.5 Å². The van der Waals surface area contributed by atoms with Crippen LogP contribution in [-0.2, 0) is 35.8 Å². The van der Waals surface area contributed by atoms with E-state index in [4.69, 9.17) is 18.3 Å². The zero-order valence-electron chi connectivity index (χ0n) is 60.7. The van der Waals surface area contributed by atoms with Crippen LogP contribution in [0.4, 0.5) is 17.1 Å². The van der Waals surface area contributed by atoms with Crippen LogP contribution >= 0.6 is 0 Å². The molecule has 0 N–H and O–H groups in total. The molecule has 2 aliphatic carbocycles. The van der Waals surface area contributed by atoms with Crippen LogP contribution in [0, 0.1) is 19.8 Å². The van der Waals surface area contributed by atoms with Crippen molar-refractivity contribution in [3.05, 3.63) is 281 Å². The number of allylic oxidation sites excluding steroid dienone is 14. The lowest BCUT2D eigenvalue weighted by molar-refractivity contribution is 0.186. The van der Waals surface area contributed by atoms with Crippen molar-refractivity contribution < 1.29 is 18.3 Å². The van der Waals surface area contributed by atoms with Crippen molar-refractivity contribution in [3.63, 3.8) is 0 Å². The molecule has 0 fully saturated rings. The average Bonchev–Trinajstić information content (AvgIpc) is 1.11. The van der Waals surface area contributed by atoms with E-state index < -0.39 is 6.04 Å². The molecule has 0 amide bonds. The predicted octanol–water partition coefficient (Wildman–Crippen LogP) is 25.1. The minimum atomic E-state index is -0.408. The lowest BCUT2D eigenvalue weighted by atomic mass is 9.83. The number of likely N-dealkylation sites (N-methyl/N-ethyl adjacent to an activating group) is 1. The van der Waals surface area contributed by atoms with E-state index in [9.17, 15) is 0 Å². The van der Waals surface area contributed by atoms with Crippen molar-refractivity contribution in [1.29, 1.82) is 0 Å². The first-order valence-corrected chi connectivity index (χ1v) is 34.3. The minimum Gasteiger partial charge on any atom is -0.462 e. The summed E-state index contributed by atoms with van der Waals surface area (Å²) in [5, 5.41) is 1.06. The largest absolute Gasteiger partial charge is 0.462 e. The Kier molecular flexibility index (Phi) is 29.6. The number of nitrogens with zero attached hydrogens (tertiary/aromatic N) is 3. The maximum Gasteiger partial charge on any atom is 0.159 e. The SMILES string of the molecule is C=C.C=C/C1=C(N(/C=C/C=C\c2c(C)oc(/C=C\CC)c2CC)C2C=CC=CC(C/C=C\C)=C2OC(=C)C(C)N(C)C)/C=C\C(C)/C=C\c2c(N(c3cccc4c3Oc3c(cccc3C(C)(C)C)C4)c3cccc4c(CC)c(C=C)oc34)ccc(C)c2C1.CC.CC.CC. The van der Waals surface area contributed by atoms with Crippen molar-refractivity contribution in [2.75, 3.05) is 19.0 Å². The van der Waals surface area contributed by atoms with Crippen LogP contribution in [0.15, 0.2) is 222 Å². The second kappa shape index (κ2) is 36.6. The van der Waals surface area contributed by atoms with Gasteiger partial charge in [-0.1, -0.05) is 237 Å². The molecular weight excluding hydrogens is 1150 g/mol. The first-order valence-electron chi connectivity index (χ1n) is 34.3. The van der Waals surface area contributed by atoms with Gasteiger partial charge in [0.2, 0.25) is 0 Å². The predicted molar refractivity (Wildman–Crippen MR) is 411 cm³/mol. The van der Waals surface area contributed by atoms with Crippen LogP contribution < -0.4 is 9.64 Å². The van der Waals surface area contributed by atoms with Crippen LogP contribution in [0.1, 0.15) is 184 Å². The van der Waals surface area contributed by atoms with E-state index in [1.54, 1.807) is 0 Å². The first kappa shape index (κ1) is 75.9. The van der Waals surface area contributed by atoms with Gasteiger partial charge < -0.3 is 28.1 Å². The Balaban J connectivity index is 0.00000193. The van der Waals surface area contributed by atoms with Gasteiger partial charge in [-0.25, -0.2) is 0 Å². The van der Waals surface area contributed by atoms with E-state index >= 15 is 0 Å². The molecule has 9 rings (SSSR count). The summed E-state index contributed by atoms with van der Waals surface area (Å²) in [4.78, 5) is 6.87. The summed E-state index contributed by atoms with van der Waals surface area (Å²) in [6.07, 6.45) is 43.5. The standard InChI is InChI=1S/C79H89N3O4.3C2H6.C2H4/c1-17-23-32-58-33-25-26-39-70(76(58)84-55(10)54(9)80(15)16)81(49-28-27-36-63-56(11)83-74(42-24-18-2)61(63)20-4)68-47-44-52(7)43-46-64-66(51-57(68)19-3)53(8)45-48-69(64)82(72-41-31-37-65-62(21-5)73(22-6)85-78(65)72)71-40-30-35-60-50-59-34-29-38-67(79(12,13)14)75(59)86-77(60)71;4*1-2/h17,19,22-31,33-49,52,54,70H,3,6,10,18,20-21,32,50-51H2,1-2,4-5,7-9,11-16H3;3*1-2H3;1-2H2/b23-17-,36-27-,42-24-,46-43-,47-44-,49-28+,68-57+;;;;. The highest BCUT2D eigenvalue weighted by atomic mass is 16.5. The zero-order chi connectivity index (χ0) is 69.4. The molecule has 0 spiro atoms. The van der Waals surface area contributed by atoms with Gasteiger partial charge in [-0.2, -0.15) is 0 Å². The molecule has 3 unspecified atom stereocenters. The molecule has 3 heterocycles. The molecule has 3 atom stereocenters. The van der Waals surface area contributed by atoms with Gasteiger partial charge in [-0.15, -0.1) is 13.2 Å². The summed E-state index contributed by atoms with van der Waals surface area (Å²) in [5.74, 6) is 5.82. The molecule has 0 radical (unpaired) electrons. The van der Waals surface area contributed by atoms with Gasteiger partial charge in [0.15, 0.2) is 11.3 Å². The summed E-state index contributed by atoms with van der Waals surface area (Å²) in [6.45, 7) is 55.4. The summed E-state index contributed by atoms with van der Waals surface area (Å²) >= 11 is 0. The smallest absolute Gasteiger partial charge is 0.159 e. The monoisotopic (exact) mass is 1260 g/mol. The number of benzene rings is 4. The first-order chi connectivity index (χ1) is 45.5. The molecule has 7 heteroatoms. The highest BCUT2D eigenvalue weighted by Gasteiger charge is 2.33. The third-order valence-corrected chi connectivity index (χ3v) is 17.0. The van der Waals surface area contributed by atoms with E-state index in [0.717, 1.165) is 133 Å². The van der Waals surface area contributed by atoms with Crippen molar-refractivity contribution in [3.8, 4) is 11.5 Å². The molecular formula is C87H111N3O4. The fraction of sp³-hybridized carbons (Fsp3) is 0.333. The quantitative estimate of drug-likeness (QED) is 0.0428. The van der Waals surface area contributed by atoms with E-state index in [1.807, 2.05) is 53.7 Å². The summed E-state index contributed by atoms with van der Waals surface area (Å²) in [6, 6.07) is 23.7. The van der Waals surface area contributed by atoms with Crippen molar-refractivity contribution in [1.82, 2.24) is 9.80 Å². The number of aryl methyl sites for hydroxylation is 3. The number of anilines is 3. The molecule has 0 bridgehead atoms. The summed E-state index contributed by atoms with van der Waals surface area (Å²) in [5.41, 5.74) is 16.9. The average molecular weight is 1260 g/mol. The fourth-order valence-electron chi connectivity index (χ4n) is 11.9. The molecule has 3 aliphatic rings. The fourth-order valence-corrected chi connectivity index (χ4v) is 11.9. The lowest BCUT2D eigenvalue weighted by Gasteiger charge is -2.35. The molecule has 94 heavy (non-hydrogen) atoms. The van der Waals surface area contributed by atoms with E-state index in [2.05, 4.69) is 302 Å². The number of para-hydroxylation sites is 3. The molecule has 0 saturated carbocycles. The number of ether oxygens (including phenoxy) is 2. The molecule has 0 saturated heterocycles. The highest BCUT2D eigenvalue weighted by Crippen LogP contribution is 2.52. The van der Waals surface area contributed by atoms with Gasteiger partial charge in [-0.3, -0.25) is 4.90 Å². The van der Waals surface area contributed by atoms with Crippen molar-refractivity contribution in [2.45, 2.75) is 174 Å². The Bertz CT molecular complexity index is 3880. The van der Waals surface area contributed by atoms with Gasteiger partial charge >= 0.3 is 0 Å². The van der Waals surface area contributed by atoms with Crippen LogP contribution in [-0.4, -0.2) is 36.0 Å². The van der Waals surface area contributed by atoms with E-state index in [-0.39, 0.29) is 17.4 Å². The molecule has 498 valence electrons. The van der Waals surface area contributed by atoms with Crippen LogP contribution in [0.25, 0.3) is 35.3 Å². The zero-order valence-corrected chi connectivity index (χ0v) is 60.7. The number of fused-ring (bicyclic) bond motifs is 4. The summed E-state index contributed by atoms with van der Waals surface area (Å²) in [7, 11) is 4.12. The lowest BCUT2D eigenvalue weighted by Crippen LogP contribution is -2.34. The van der Waals surface area contributed by atoms with Gasteiger partial charge in [0.25, 0.3) is 0 Å². The third-order valence-electron chi connectivity index (χ3n) is 17.0. The number of rotatable bonds is 20. The molecule has 1 aliphatic heterocycles. The second-order valence-electron chi connectivity index (χ2n) is 24.0. The summed E-state index contributed by atoms with van der Waals surface area (Å²) < 4.78 is 27.8. The second-order valence-corrected chi connectivity index (χ2v) is 24.0. The Morgan fingerprint density at radius 1 is 0.723 bits per heavy atom. The van der Waals surface area contributed by atoms with Crippen molar-refractivity contribution >= 4 is 52.3 Å². The van der Waals surface area contributed by atoms with Crippen LogP contribution in [0.3, 0.4) is 0 Å². The van der Waals surface area contributed by atoms with Gasteiger partial charge in [0.05, 0.1) is 23.1 Å². The Labute approximate surface area is 568 Å². The van der Waals surface area contributed by atoms with Crippen LogP contribution in [0.5, 0.6) is 11.5 Å². The van der Waals surface area contributed by atoms with E-state index in [1.165, 1.54) is 22.3 Å². The minimum absolute atomic E-state index is 0.00141. The normalized spacial score (nSPS) is 16.9. The van der Waals surface area contributed by atoms with Gasteiger partial charge in [0, 0.05) is 63.5 Å². The maximum absolute atomic E-state index is 7.37. The molecule has 6 aromatic rings. The highest BCUT2D eigenvalue weighted by molar-refractivity contribution is 6.00. The Morgan fingerprint density at radius 3 is 2.04 bits per heavy atom. The Morgan fingerprint density at radius 2 is 1.39 bits per heavy atom. The molecule has 2 aromatic heterocycles. The maximum atomic E-state index is 7.37. The molecule has 4 aromatic carbocycles. The van der Waals surface area contributed by atoms with Crippen LogP contribution in [0.2, 0.25) is 0 Å². The third kappa shape index (κ3) is 17.3. The Hall–Kier alpha value is -8.78. The number of hydrogen-bond acceptors (Lipinski definition) is 7. The molecule has 7 nitrogen and oxygen atoms in total. The number of furan rings is 2. The van der Waals surface area contributed by atoms with Gasteiger partial charge in [-0.05, 0) is 149 Å². The van der Waals surface area contributed by atoms with Crippen molar-refractivity contribution in [2.24, 2.45) is 5.92 Å². The van der Waals surface area contributed by atoms with Gasteiger partial charge in [0.1, 0.15) is 40.6 Å². The number of hydrogen-bond donors (Lipinski definition) is 0.